The van der Waals surface area contributed by atoms with Crippen LogP contribution < -0.4 is 5.32 Å². The van der Waals surface area contributed by atoms with Crippen molar-refractivity contribution in [3.63, 3.8) is 0 Å². The minimum Gasteiger partial charge on any atom is -0.460 e. The van der Waals surface area contributed by atoms with Crippen LogP contribution in [0.25, 0.3) is 11.3 Å². The summed E-state index contributed by atoms with van der Waals surface area (Å²) in [7, 11) is 0. The Morgan fingerprint density at radius 3 is 2.79 bits per heavy atom. The predicted molar refractivity (Wildman–Crippen MR) is 128 cm³/mol. The Kier molecular flexibility index (Phi) is 7.27. The van der Waals surface area contributed by atoms with Gasteiger partial charge in [-0.25, -0.2) is 0 Å². The Bertz CT molecular complexity index is 1120. The molecule has 1 aromatic carbocycles. The van der Waals surface area contributed by atoms with Crippen LogP contribution in [-0.4, -0.2) is 58.4 Å². The van der Waals surface area contributed by atoms with Gasteiger partial charge in [0.15, 0.2) is 0 Å². The molecule has 1 fully saturated rings. The van der Waals surface area contributed by atoms with Crippen molar-refractivity contribution in [3.05, 3.63) is 58.8 Å². The van der Waals surface area contributed by atoms with Crippen LogP contribution in [0.3, 0.4) is 0 Å². The summed E-state index contributed by atoms with van der Waals surface area (Å²) in [5, 5.41) is 12.6. The van der Waals surface area contributed by atoms with E-state index in [1.807, 2.05) is 36.4 Å². The maximum atomic E-state index is 12.4. The molecule has 0 unspecified atom stereocenters. The zero-order chi connectivity index (χ0) is 23.3. The molecule has 180 valence electrons. The summed E-state index contributed by atoms with van der Waals surface area (Å²) in [6.45, 7) is 5.25. The third kappa shape index (κ3) is 5.35. The lowest BCUT2D eigenvalue weighted by Crippen LogP contribution is -2.35. The van der Waals surface area contributed by atoms with Crippen molar-refractivity contribution in [2.75, 3.05) is 32.8 Å². The molecule has 0 radical (unpaired) electrons. The highest BCUT2D eigenvalue weighted by Gasteiger charge is 2.22. The van der Waals surface area contributed by atoms with Crippen molar-refractivity contribution < 1.29 is 13.9 Å². The second-order valence-corrected chi connectivity index (χ2v) is 9.29. The highest BCUT2D eigenvalue weighted by Crippen LogP contribution is 2.29. The summed E-state index contributed by atoms with van der Waals surface area (Å²) in [4.78, 5) is 14.7. The van der Waals surface area contributed by atoms with Gasteiger partial charge in [-0.05, 0) is 37.1 Å². The fourth-order valence-corrected chi connectivity index (χ4v) is 4.89. The summed E-state index contributed by atoms with van der Waals surface area (Å²) in [5.74, 6) is 3.84. The molecule has 8 nitrogen and oxygen atoms in total. The van der Waals surface area contributed by atoms with Crippen molar-refractivity contribution >= 4 is 17.5 Å². The average molecular weight is 484 g/mol. The minimum atomic E-state index is 0.0675. The first-order valence-corrected chi connectivity index (χ1v) is 12.4. The first-order chi connectivity index (χ1) is 16.7. The van der Waals surface area contributed by atoms with Crippen LogP contribution in [0.2, 0.25) is 5.02 Å². The van der Waals surface area contributed by atoms with Crippen LogP contribution in [0.4, 0.5) is 0 Å². The molecule has 1 saturated heterocycles. The number of halogens is 1. The number of aromatic nitrogens is 3. The van der Waals surface area contributed by atoms with E-state index in [-0.39, 0.29) is 11.8 Å². The predicted octanol–water partition coefficient (Wildman–Crippen LogP) is 3.34. The molecule has 0 atom stereocenters. The number of amides is 1. The lowest BCUT2D eigenvalue weighted by molar-refractivity contribution is -0.127. The highest BCUT2D eigenvalue weighted by molar-refractivity contribution is 6.33. The van der Waals surface area contributed by atoms with Crippen LogP contribution in [0, 0.1) is 5.92 Å². The molecule has 1 N–H and O–H groups in total. The third-order valence-electron chi connectivity index (χ3n) is 6.62. The quantitative estimate of drug-likeness (QED) is 0.554. The molecule has 2 aliphatic heterocycles. The van der Waals surface area contributed by atoms with Gasteiger partial charge in [0, 0.05) is 63.7 Å². The van der Waals surface area contributed by atoms with E-state index in [4.69, 9.17) is 20.8 Å². The van der Waals surface area contributed by atoms with Gasteiger partial charge in [0.25, 0.3) is 0 Å². The number of furan rings is 1. The Balaban J connectivity index is 1.14. The maximum Gasteiger partial charge on any atom is 0.223 e. The SMILES string of the molecule is O=C(NCCc1nnc2n1CCN(Cc1ccc(-c3ccccc3Cl)o1)CC2)C1CCOCC1. The summed E-state index contributed by atoms with van der Waals surface area (Å²) in [6, 6.07) is 11.7. The molecular formula is C25H30ClN5O3. The molecular weight excluding hydrogens is 454 g/mol. The Morgan fingerprint density at radius 1 is 1.09 bits per heavy atom. The van der Waals surface area contributed by atoms with Gasteiger partial charge in [-0.1, -0.05) is 23.7 Å². The zero-order valence-corrected chi connectivity index (χ0v) is 20.0. The number of fused-ring (bicyclic) bond motifs is 1. The van der Waals surface area contributed by atoms with E-state index in [2.05, 4.69) is 25.0 Å². The molecule has 5 rings (SSSR count). The molecule has 0 bridgehead atoms. The monoisotopic (exact) mass is 483 g/mol. The molecule has 0 spiro atoms. The fourth-order valence-electron chi connectivity index (χ4n) is 4.66. The standard InChI is InChI=1S/C25H30ClN5O3/c26-21-4-2-1-3-20(21)22-6-5-19(34-22)17-30-12-8-24-29-28-23(31(24)14-13-30)7-11-27-25(32)18-9-15-33-16-10-18/h1-6,18H,7-17H2,(H,27,32). The van der Waals surface area contributed by atoms with Gasteiger partial charge in [0.1, 0.15) is 23.2 Å². The topological polar surface area (TPSA) is 85.4 Å². The number of carbonyl (C=O) groups is 1. The van der Waals surface area contributed by atoms with Crippen molar-refractivity contribution in [2.24, 2.45) is 5.92 Å². The van der Waals surface area contributed by atoms with E-state index in [1.54, 1.807) is 0 Å². The molecule has 4 heterocycles. The summed E-state index contributed by atoms with van der Waals surface area (Å²) < 4.78 is 13.6. The molecule has 2 aromatic heterocycles. The Morgan fingerprint density at radius 2 is 1.94 bits per heavy atom. The first-order valence-electron chi connectivity index (χ1n) is 12.0. The van der Waals surface area contributed by atoms with Gasteiger partial charge in [0.05, 0.1) is 11.6 Å². The average Bonchev–Trinajstić information content (AvgIpc) is 3.43. The lowest BCUT2D eigenvalue weighted by atomic mass is 9.99. The highest BCUT2D eigenvalue weighted by atomic mass is 35.5. The van der Waals surface area contributed by atoms with E-state index in [9.17, 15) is 4.79 Å². The number of benzene rings is 1. The van der Waals surface area contributed by atoms with E-state index >= 15 is 0 Å². The maximum absolute atomic E-state index is 12.4. The van der Waals surface area contributed by atoms with Gasteiger partial charge in [-0.2, -0.15) is 0 Å². The summed E-state index contributed by atoms with van der Waals surface area (Å²) in [6.07, 6.45) is 3.12. The van der Waals surface area contributed by atoms with E-state index in [0.717, 1.165) is 74.2 Å². The van der Waals surface area contributed by atoms with Crippen molar-refractivity contribution in [1.82, 2.24) is 25.0 Å². The lowest BCUT2D eigenvalue weighted by Gasteiger charge is -2.21. The molecule has 1 amide bonds. The number of ether oxygens (including phenoxy) is 1. The normalized spacial score (nSPS) is 17.3. The van der Waals surface area contributed by atoms with E-state index < -0.39 is 0 Å². The fraction of sp³-hybridized carbons (Fsp3) is 0.480. The first kappa shape index (κ1) is 23.1. The number of nitrogens with zero attached hydrogens (tertiary/aromatic N) is 4. The molecule has 9 heteroatoms. The Labute approximate surface area is 204 Å². The molecule has 0 saturated carbocycles. The number of hydrogen-bond donors (Lipinski definition) is 1. The van der Waals surface area contributed by atoms with Crippen LogP contribution >= 0.6 is 11.6 Å². The number of hydrogen-bond acceptors (Lipinski definition) is 6. The molecule has 0 aliphatic carbocycles. The van der Waals surface area contributed by atoms with Crippen LogP contribution in [0.15, 0.2) is 40.8 Å². The van der Waals surface area contributed by atoms with Gasteiger partial charge in [-0.3, -0.25) is 9.69 Å². The smallest absolute Gasteiger partial charge is 0.223 e. The number of nitrogens with one attached hydrogen (secondary N) is 1. The minimum absolute atomic E-state index is 0.0675. The molecule has 2 aliphatic rings. The van der Waals surface area contributed by atoms with Crippen molar-refractivity contribution in [3.8, 4) is 11.3 Å². The Hall–Kier alpha value is -2.68. The van der Waals surface area contributed by atoms with Gasteiger partial charge in [-0.15, -0.1) is 10.2 Å². The molecule has 34 heavy (non-hydrogen) atoms. The number of carbonyl (C=O) groups excluding carboxylic acids is 1. The van der Waals surface area contributed by atoms with Crippen LogP contribution in [0.5, 0.6) is 0 Å². The van der Waals surface area contributed by atoms with E-state index in [1.165, 1.54) is 0 Å². The van der Waals surface area contributed by atoms with Crippen LogP contribution in [-0.2, 0) is 35.5 Å². The van der Waals surface area contributed by atoms with Gasteiger partial charge in [0.2, 0.25) is 5.91 Å². The van der Waals surface area contributed by atoms with Crippen molar-refractivity contribution in [1.29, 1.82) is 0 Å². The summed E-state index contributed by atoms with van der Waals surface area (Å²) in [5.41, 5.74) is 0.908. The zero-order valence-electron chi connectivity index (χ0n) is 19.2. The second kappa shape index (κ2) is 10.7. The van der Waals surface area contributed by atoms with Gasteiger partial charge >= 0.3 is 0 Å². The van der Waals surface area contributed by atoms with Gasteiger partial charge < -0.3 is 19.0 Å². The largest absolute Gasteiger partial charge is 0.460 e. The second-order valence-electron chi connectivity index (χ2n) is 8.88. The third-order valence-corrected chi connectivity index (χ3v) is 6.95. The van der Waals surface area contributed by atoms with E-state index in [0.29, 0.717) is 31.2 Å². The molecule has 3 aromatic rings. The van der Waals surface area contributed by atoms with Crippen molar-refractivity contribution in [2.45, 2.75) is 38.8 Å². The number of rotatable bonds is 7. The van der Waals surface area contributed by atoms with Crippen LogP contribution in [0.1, 0.15) is 30.3 Å². The summed E-state index contributed by atoms with van der Waals surface area (Å²) >= 11 is 6.31.